The molecule has 1 amide bonds. The van der Waals surface area contributed by atoms with Crippen LogP contribution in [0.5, 0.6) is 17.2 Å². The van der Waals surface area contributed by atoms with Crippen LogP contribution in [0.25, 0.3) is 0 Å². The standard InChI is InChI=1S/C28H26N2O5/c1-28(2)15-19-8-10-21(33-3)13-22(19)23(30-28)14-24(31)17-4-6-18(7-5-17)27(32)29-20-9-11-25-26(12-20)35-16-34-25/h4-13H,14-16H2,1-3H3,(H,29,32). The number of nitrogens with one attached hydrogen (secondary N) is 1. The van der Waals surface area contributed by atoms with Crippen molar-refractivity contribution in [2.24, 2.45) is 4.99 Å². The van der Waals surface area contributed by atoms with Crippen molar-refractivity contribution in [3.05, 3.63) is 82.9 Å². The van der Waals surface area contributed by atoms with Crippen molar-refractivity contribution in [2.45, 2.75) is 32.2 Å². The molecule has 1 N–H and O–H groups in total. The number of Topliss-reactive ketones (excluding diaryl/α,β-unsaturated/α-hetero) is 1. The van der Waals surface area contributed by atoms with Gasteiger partial charge in [-0.3, -0.25) is 14.6 Å². The van der Waals surface area contributed by atoms with Crippen molar-refractivity contribution >= 4 is 23.1 Å². The number of ketones is 1. The number of benzene rings is 3. The Kier molecular flexibility index (Phi) is 5.76. The van der Waals surface area contributed by atoms with Gasteiger partial charge in [-0.05, 0) is 62.2 Å². The van der Waals surface area contributed by atoms with Gasteiger partial charge in [0.2, 0.25) is 6.79 Å². The number of anilines is 1. The van der Waals surface area contributed by atoms with E-state index in [-0.39, 0.29) is 30.4 Å². The third-order valence-electron chi connectivity index (χ3n) is 6.12. The Balaban J connectivity index is 1.30. The number of fused-ring (bicyclic) bond motifs is 2. The Hall–Kier alpha value is -4.13. The molecular weight excluding hydrogens is 444 g/mol. The normalized spacial score (nSPS) is 15.1. The fraction of sp³-hybridized carbons (Fsp3) is 0.250. The number of hydrogen-bond donors (Lipinski definition) is 1. The smallest absolute Gasteiger partial charge is 0.255 e. The summed E-state index contributed by atoms with van der Waals surface area (Å²) in [5, 5.41) is 2.84. The minimum atomic E-state index is -0.284. The number of nitrogens with zero attached hydrogens (tertiary/aromatic N) is 1. The SMILES string of the molecule is COc1ccc2c(c1)C(CC(=O)c1ccc(C(=O)Nc3ccc4c(c3)OCO4)cc1)=NC(C)(C)C2. The summed E-state index contributed by atoms with van der Waals surface area (Å²) in [5.74, 6) is 1.65. The molecule has 0 fully saturated rings. The number of amides is 1. The van der Waals surface area contributed by atoms with Crippen LogP contribution in [0.3, 0.4) is 0 Å². The summed E-state index contributed by atoms with van der Waals surface area (Å²) in [4.78, 5) is 30.7. The highest BCUT2D eigenvalue weighted by molar-refractivity contribution is 6.17. The summed E-state index contributed by atoms with van der Waals surface area (Å²) < 4.78 is 16.0. The van der Waals surface area contributed by atoms with Crippen LogP contribution < -0.4 is 19.5 Å². The molecule has 0 unspecified atom stereocenters. The monoisotopic (exact) mass is 470 g/mol. The predicted octanol–water partition coefficient (Wildman–Crippen LogP) is 5.07. The summed E-state index contributed by atoms with van der Waals surface area (Å²) in [5.41, 5.74) is 4.16. The maximum absolute atomic E-state index is 13.1. The van der Waals surface area contributed by atoms with Crippen molar-refractivity contribution in [1.82, 2.24) is 0 Å². The molecule has 3 aromatic rings. The van der Waals surface area contributed by atoms with Crippen LogP contribution in [0.4, 0.5) is 5.69 Å². The highest BCUT2D eigenvalue weighted by Crippen LogP contribution is 2.34. The Bertz CT molecular complexity index is 1340. The van der Waals surface area contributed by atoms with Gasteiger partial charge in [0.15, 0.2) is 17.3 Å². The molecule has 5 rings (SSSR count). The van der Waals surface area contributed by atoms with Crippen molar-refractivity contribution in [3.63, 3.8) is 0 Å². The van der Waals surface area contributed by atoms with Gasteiger partial charge in [-0.1, -0.05) is 18.2 Å². The zero-order valence-electron chi connectivity index (χ0n) is 19.9. The second-order valence-corrected chi connectivity index (χ2v) is 9.27. The fourth-order valence-electron chi connectivity index (χ4n) is 4.41. The lowest BCUT2D eigenvalue weighted by molar-refractivity contribution is 0.0995. The van der Waals surface area contributed by atoms with Gasteiger partial charge in [0.25, 0.3) is 5.91 Å². The maximum atomic E-state index is 13.1. The fourth-order valence-corrected chi connectivity index (χ4v) is 4.41. The average Bonchev–Trinajstić information content (AvgIpc) is 3.31. The number of aliphatic imine (C=N–C) groups is 1. The lowest BCUT2D eigenvalue weighted by atomic mass is 9.85. The van der Waals surface area contributed by atoms with E-state index in [1.165, 1.54) is 0 Å². The van der Waals surface area contributed by atoms with E-state index in [9.17, 15) is 9.59 Å². The van der Waals surface area contributed by atoms with E-state index in [1.54, 1.807) is 49.6 Å². The Labute approximate surface area is 203 Å². The van der Waals surface area contributed by atoms with Crippen LogP contribution in [-0.2, 0) is 6.42 Å². The van der Waals surface area contributed by atoms with Crippen LogP contribution in [0, 0.1) is 0 Å². The molecule has 3 aromatic carbocycles. The zero-order chi connectivity index (χ0) is 24.6. The van der Waals surface area contributed by atoms with Crippen molar-refractivity contribution < 1.29 is 23.8 Å². The molecule has 178 valence electrons. The van der Waals surface area contributed by atoms with E-state index in [2.05, 4.69) is 19.2 Å². The Morgan fingerprint density at radius 2 is 1.71 bits per heavy atom. The van der Waals surface area contributed by atoms with Gasteiger partial charge in [0, 0.05) is 28.4 Å². The first-order chi connectivity index (χ1) is 16.8. The minimum absolute atomic E-state index is 0.0575. The predicted molar refractivity (Wildman–Crippen MR) is 133 cm³/mol. The second-order valence-electron chi connectivity index (χ2n) is 9.27. The van der Waals surface area contributed by atoms with E-state index in [1.807, 2.05) is 18.2 Å². The molecule has 2 heterocycles. The molecule has 7 nitrogen and oxygen atoms in total. The van der Waals surface area contributed by atoms with Gasteiger partial charge in [-0.2, -0.15) is 0 Å². The molecule has 7 heteroatoms. The largest absolute Gasteiger partial charge is 0.497 e. The maximum Gasteiger partial charge on any atom is 0.255 e. The molecule has 0 saturated heterocycles. The van der Waals surface area contributed by atoms with Gasteiger partial charge in [-0.15, -0.1) is 0 Å². The molecule has 0 bridgehead atoms. The first-order valence-corrected chi connectivity index (χ1v) is 11.4. The second kappa shape index (κ2) is 8.91. The topological polar surface area (TPSA) is 86.2 Å². The number of carbonyl (C=O) groups is 2. The van der Waals surface area contributed by atoms with Gasteiger partial charge < -0.3 is 19.5 Å². The summed E-state index contributed by atoms with van der Waals surface area (Å²) >= 11 is 0. The van der Waals surface area contributed by atoms with Crippen LogP contribution >= 0.6 is 0 Å². The van der Waals surface area contributed by atoms with Crippen molar-refractivity contribution in [2.75, 3.05) is 19.2 Å². The highest BCUT2D eigenvalue weighted by Gasteiger charge is 2.28. The van der Waals surface area contributed by atoms with Gasteiger partial charge in [-0.25, -0.2) is 0 Å². The average molecular weight is 471 g/mol. The van der Waals surface area contributed by atoms with Gasteiger partial charge in [0.05, 0.1) is 24.8 Å². The number of ether oxygens (including phenoxy) is 3. The molecule has 0 spiro atoms. The van der Waals surface area contributed by atoms with E-state index in [0.29, 0.717) is 28.3 Å². The Morgan fingerprint density at radius 3 is 2.49 bits per heavy atom. The van der Waals surface area contributed by atoms with Crippen LogP contribution in [-0.4, -0.2) is 36.8 Å². The molecular formula is C28H26N2O5. The quantitative estimate of drug-likeness (QED) is 0.508. The molecule has 35 heavy (non-hydrogen) atoms. The first kappa shape index (κ1) is 22.7. The summed E-state index contributed by atoms with van der Waals surface area (Å²) in [6, 6.07) is 17.8. The third kappa shape index (κ3) is 4.75. The zero-order valence-corrected chi connectivity index (χ0v) is 19.9. The van der Waals surface area contributed by atoms with E-state index < -0.39 is 0 Å². The summed E-state index contributed by atoms with van der Waals surface area (Å²) in [6.45, 7) is 4.31. The minimum Gasteiger partial charge on any atom is -0.497 e. The highest BCUT2D eigenvalue weighted by atomic mass is 16.7. The molecule has 0 saturated carbocycles. The molecule has 2 aliphatic heterocycles. The molecule has 0 radical (unpaired) electrons. The van der Waals surface area contributed by atoms with Crippen molar-refractivity contribution in [1.29, 1.82) is 0 Å². The van der Waals surface area contributed by atoms with E-state index >= 15 is 0 Å². The molecule has 0 aliphatic carbocycles. The van der Waals surface area contributed by atoms with Gasteiger partial charge in [0.1, 0.15) is 5.75 Å². The van der Waals surface area contributed by atoms with E-state index in [4.69, 9.17) is 19.2 Å². The number of carbonyl (C=O) groups excluding carboxylic acids is 2. The Morgan fingerprint density at radius 1 is 0.971 bits per heavy atom. The van der Waals surface area contributed by atoms with Crippen LogP contribution in [0.1, 0.15) is 52.1 Å². The first-order valence-electron chi connectivity index (χ1n) is 11.4. The molecule has 0 atom stereocenters. The molecule has 2 aliphatic rings. The summed E-state index contributed by atoms with van der Waals surface area (Å²) in [7, 11) is 1.63. The molecule has 0 aromatic heterocycles. The van der Waals surface area contributed by atoms with E-state index in [0.717, 1.165) is 29.0 Å². The third-order valence-corrected chi connectivity index (χ3v) is 6.12. The lowest BCUT2D eigenvalue weighted by Gasteiger charge is -2.29. The number of methoxy groups -OCH3 is 1. The number of hydrogen-bond acceptors (Lipinski definition) is 6. The number of rotatable bonds is 6. The van der Waals surface area contributed by atoms with Crippen LogP contribution in [0.15, 0.2) is 65.7 Å². The lowest BCUT2D eigenvalue weighted by Crippen LogP contribution is -2.30. The van der Waals surface area contributed by atoms with Crippen LogP contribution in [0.2, 0.25) is 0 Å². The summed E-state index contributed by atoms with van der Waals surface area (Å²) in [6.07, 6.45) is 0.976. The van der Waals surface area contributed by atoms with Gasteiger partial charge >= 0.3 is 0 Å². The van der Waals surface area contributed by atoms with Crippen molar-refractivity contribution in [3.8, 4) is 17.2 Å².